The van der Waals surface area contributed by atoms with Gasteiger partial charge in [0.05, 0.1) is 5.69 Å². The molecule has 2 rings (SSSR count). The number of rotatable bonds is 2. The van der Waals surface area contributed by atoms with Gasteiger partial charge in [-0.05, 0) is 12.1 Å². The second-order valence-corrected chi connectivity index (χ2v) is 3.80. The van der Waals surface area contributed by atoms with Crippen molar-refractivity contribution >= 4 is 29.1 Å². The van der Waals surface area contributed by atoms with Crippen molar-refractivity contribution < 1.29 is 4.39 Å². The summed E-state index contributed by atoms with van der Waals surface area (Å²) < 4.78 is 13.6. The van der Waals surface area contributed by atoms with Crippen LogP contribution in [-0.2, 0) is 0 Å². The Morgan fingerprint density at radius 1 is 1.29 bits per heavy atom. The molecule has 0 fully saturated rings. The maximum atomic E-state index is 13.6. The van der Waals surface area contributed by atoms with Crippen LogP contribution in [0.15, 0.2) is 30.3 Å². The molecule has 0 aliphatic carbocycles. The van der Waals surface area contributed by atoms with Crippen LogP contribution in [0.2, 0.25) is 5.15 Å². The van der Waals surface area contributed by atoms with Gasteiger partial charge in [-0.15, -0.1) is 0 Å². The predicted octanol–water partition coefficient (Wildman–Crippen LogP) is 2.62. The van der Waals surface area contributed by atoms with Crippen LogP contribution >= 0.6 is 11.6 Å². The highest BCUT2D eigenvalue weighted by atomic mass is 35.5. The van der Waals surface area contributed by atoms with E-state index in [0.29, 0.717) is 11.5 Å². The first-order valence-corrected chi connectivity index (χ1v) is 5.24. The Labute approximate surface area is 103 Å². The van der Waals surface area contributed by atoms with Crippen molar-refractivity contribution in [2.24, 2.45) is 0 Å². The Bertz CT molecular complexity index is 526. The lowest BCUT2D eigenvalue weighted by Gasteiger charge is -2.18. The zero-order valence-corrected chi connectivity index (χ0v) is 9.82. The Hall–Kier alpha value is -1.88. The van der Waals surface area contributed by atoms with E-state index in [2.05, 4.69) is 9.97 Å². The Balaban J connectivity index is 2.43. The predicted molar refractivity (Wildman–Crippen MR) is 65.9 cm³/mol. The Morgan fingerprint density at radius 2 is 2.00 bits per heavy atom. The molecule has 0 radical (unpaired) electrons. The maximum absolute atomic E-state index is 13.6. The summed E-state index contributed by atoms with van der Waals surface area (Å²) in [5, 5.41) is 0.218. The molecule has 0 saturated heterocycles. The molecular formula is C11H10ClFN4. The summed E-state index contributed by atoms with van der Waals surface area (Å²) in [4.78, 5) is 9.29. The van der Waals surface area contributed by atoms with Crippen molar-refractivity contribution in [3.8, 4) is 0 Å². The standard InChI is InChI=1S/C11H10ClFN4/c1-17(8-5-3-2-4-7(8)13)10-6-9(12)15-11(14)16-10/h2-6H,1H3,(H2,14,15,16). The van der Waals surface area contributed by atoms with Gasteiger partial charge in [0.25, 0.3) is 0 Å². The van der Waals surface area contributed by atoms with E-state index in [1.165, 1.54) is 12.1 Å². The molecule has 0 spiro atoms. The molecule has 17 heavy (non-hydrogen) atoms. The molecule has 0 aliphatic heterocycles. The number of nitrogens with zero attached hydrogens (tertiary/aromatic N) is 3. The topological polar surface area (TPSA) is 55.0 Å². The summed E-state index contributed by atoms with van der Waals surface area (Å²) in [6, 6.07) is 7.89. The van der Waals surface area contributed by atoms with Crippen LogP contribution in [0.1, 0.15) is 0 Å². The van der Waals surface area contributed by atoms with E-state index in [1.807, 2.05) is 0 Å². The minimum Gasteiger partial charge on any atom is -0.368 e. The summed E-state index contributed by atoms with van der Waals surface area (Å²) in [6.45, 7) is 0. The van der Waals surface area contributed by atoms with E-state index in [9.17, 15) is 4.39 Å². The van der Waals surface area contributed by atoms with Gasteiger partial charge in [0.2, 0.25) is 5.95 Å². The quantitative estimate of drug-likeness (QED) is 0.835. The van der Waals surface area contributed by atoms with Crippen molar-refractivity contribution in [1.82, 2.24) is 9.97 Å². The number of nitrogen functional groups attached to an aromatic ring is 1. The molecular weight excluding hydrogens is 243 g/mol. The van der Waals surface area contributed by atoms with Gasteiger partial charge in [-0.2, -0.15) is 4.98 Å². The smallest absolute Gasteiger partial charge is 0.223 e. The van der Waals surface area contributed by atoms with E-state index in [1.54, 1.807) is 30.1 Å². The third kappa shape index (κ3) is 2.45. The Kier molecular flexibility index (Phi) is 3.10. The molecule has 0 unspecified atom stereocenters. The first-order chi connectivity index (χ1) is 8.08. The molecule has 0 aliphatic rings. The van der Waals surface area contributed by atoms with Crippen molar-refractivity contribution in [1.29, 1.82) is 0 Å². The lowest BCUT2D eigenvalue weighted by atomic mass is 10.3. The number of nitrogens with two attached hydrogens (primary N) is 1. The van der Waals surface area contributed by atoms with Gasteiger partial charge in [0, 0.05) is 13.1 Å². The van der Waals surface area contributed by atoms with Gasteiger partial charge in [-0.25, -0.2) is 9.37 Å². The minimum absolute atomic E-state index is 0.0516. The average Bonchev–Trinajstić information content (AvgIpc) is 2.27. The van der Waals surface area contributed by atoms with E-state index in [4.69, 9.17) is 17.3 Å². The number of hydrogen-bond acceptors (Lipinski definition) is 4. The fraction of sp³-hybridized carbons (Fsp3) is 0.0909. The maximum Gasteiger partial charge on any atom is 0.223 e. The summed E-state index contributed by atoms with van der Waals surface area (Å²) >= 11 is 5.77. The highest BCUT2D eigenvalue weighted by Gasteiger charge is 2.11. The molecule has 2 N–H and O–H groups in total. The zero-order valence-electron chi connectivity index (χ0n) is 9.06. The molecule has 6 heteroatoms. The van der Waals surface area contributed by atoms with Gasteiger partial charge < -0.3 is 10.6 Å². The highest BCUT2D eigenvalue weighted by molar-refractivity contribution is 6.29. The number of halogens is 2. The minimum atomic E-state index is -0.344. The largest absolute Gasteiger partial charge is 0.368 e. The fourth-order valence-electron chi connectivity index (χ4n) is 1.44. The van der Waals surface area contributed by atoms with Crippen LogP contribution < -0.4 is 10.6 Å². The molecule has 4 nitrogen and oxygen atoms in total. The number of hydrogen-bond donors (Lipinski definition) is 1. The number of aromatic nitrogens is 2. The van der Waals surface area contributed by atoms with Gasteiger partial charge in [0.15, 0.2) is 0 Å². The van der Waals surface area contributed by atoms with Gasteiger partial charge in [-0.3, -0.25) is 0 Å². The van der Waals surface area contributed by atoms with Crippen LogP contribution in [0, 0.1) is 5.82 Å². The van der Waals surface area contributed by atoms with E-state index in [0.717, 1.165) is 0 Å². The third-order valence-corrected chi connectivity index (χ3v) is 2.45. The van der Waals surface area contributed by atoms with E-state index in [-0.39, 0.29) is 16.9 Å². The second kappa shape index (κ2) is 4.55. The molecule has 1 heterocycles. The van der Waals surface area contributed by atoms with Crippen molar-refractivity contribution in [2.45, 2.75) is 0 Å². The van der Waals surface area contributed by atoms with Crippen LogP contribution in [0.25, 0.3) is 0 Å². The van der Waals surface area contributed by atoms with Crippen molar-refractivity contribution in [3.63, 3.8) is 0 Å². The van der Waals surface area contributed by atoms with Crippen LogP contribution in [0.3, 0.4) is 0 Å². The van der Waals surface area contributed by atoms with Gasteiger partial charge in [-0.1, -0.05) is 23.7 Å². The molecule has 0 saturated carbocycles. The highest BCUT2D eigenvalue weighted by Crippen LogP contribution is 2.26. The second-order valence-electron chi connectivity index (χ2n) is 3.42. The normalized spacial score (nSPS) is 10.3. The fourth-order valence-corrected chi connectivity index (χ4v) is 1.63. The first-order valence-electron chi connectivity index (χ1n) is 4.86. The van der Waals surface area contributed by atoms with Gasteiger partial charge in [0.1, 0.15) is 16.8 Å². The van der Waals surface area contributed by atoms with Crippen molar-refractivity contribution in [2.75, 3.05) is 17.7 Å². The molecule has 0 atom stereocenters. The zero-order chi connectivity index (χ0) is 12.4. The molecule has 2 aromatic rings. The molecule has 1 aromatic heterocycles. The van der Waals surface area contributed by atoms with E-state index < -0.39 is 0 Å². The van der Waals surface area contributed by atoms with Crippen LogP contribution in [0.5, 0.6) is 0 Å². The number of para-hydroxylation sites is 1. The molecule has 0 amide bonds. The van der Waals surface area contributed by atoms with Crippen LogP contribution in [0.4, 0.5) is 21.8 Å². The first kappa shape index (κ1) is 11.6. The monoisotopic (exact) mass is 252 g/mol. The number of anilines is 3. The van der Waals surface area contributed by atoms with Crippen molar-refractivity contribution in [3.05, 3.63) is 41.3 Å². The summed E-state index contributed by atoms with van der Waals surface area (Å²) in [6.07, 6.45) is 0. The van der Waals surface area contributed by atoms with Crippen LogP contribution in [-0.4, -0.2) is 17.0 Å². The lowest BCUT2D eigenvalue weighted by Crippen LogP contribution is -2.14. The Morgan fingerprint density at radius 3 is 2.65 bits per heavy atom. The number of benzene rings is 1. The average molecular weight is 253 g/mol. The van der Waals surface area contributed by atoms with E-state index >= 15 is 0 Å². The summed E-state index contributed by atoms with van der Waals surface area (Å²) in [5.41, 5.74) is 5.88. The molecule has 0 bridgehead atoms. The summed E-state index contributed by atoms with van der Waals surface area (Å²) in [5.74, 6) is 0.145. The SMILES string of the molecule is CN(c1cc(Cl)nc(N)n1)c1ccccc1F. The molecule has 1 aromatic carbocycles. The third-order valence-electron chi connectivity index (χ3n) is 2.26. The molecule has 88 valence electrons. The summed E-state index contributed by atoms with van der Waals surface area (Å²) in [7, 11) is 1.68. The lowest BCUT2D eigenvalue weighted by molar-refractivity contribution is 0.627. The van der Waals surface area contributed by atoms with Gasteiger partial charge >= 0.3 is 0 Å².